The predicted molar refractivity (Wildman–Crippen MR) is 164 cm³/mol. The number of carbonyl (C=O) groups excluding carboxylic acids is 1. The fourth-order valence-corrected chi connectivity index (χ4v) is 5.79. The number of hydrogen-bond acceptors (Lipinski definition) is 6. The number of aliphatic imine (C=N–C) groups is 1. The standard InChI is InChI=1S/C31H34BrClN4O4/c1-3-41-27-20-25(40-2)12-13-26(27)30-34-28(21-4-8-23(32)9-5-21)29(22-6-10-24(33)11-7-22)37(30)31(39)36-16-14-35(15-17-36)18-19-38/h4-13,20,28-29,38H,3,14-19H2,1-2H3. The minimum absolute atomic E-state index is 0.0993. The number of aliphatic hydroxyl groups is 1. The number of rotatable bonds is 8. The van der Waals surface area contributed by atoms with Gasteiger partial charge in [0, 0.05) is 48.3 Å². The minimum atomic E-state index is -0.414. The van der Waals surface area contributed by atoms with Gasteiger partial charge in [-0.25, -0.2) is 4.79 Å². The molecule has 1 N–H and O–H groups in total. The number of urea groups is 1. The summed E-state index contributed by atoms with van der Waals surface area (Å²) in [6.07, 6.45) is 0. The van der Waals surface area contributed by atoms with Gasteiger partial charge in [0.05, 0.1) is 31.9 Å². The summed E-state index contributed by atoms with van der Waals surface area (Å²) in [4.78, 5) is 25.7. The van der Waals surface area contributed by atoms with E-state index in [1.807, 2.05) is 83.5 Å². The van der Waals surface area contributed by atoms with Gasteiger partial charge < -0.3 is 19.5 Å². The lowest BCUT2D eigenvalue weighted by molar-refractivity contribution is 0.108. The molecule has 0 saturated carbocycles. The van der Waals surface area contributed by atoms with E-state index in [1.165, 1.54) is 0 Å². The van der Waals surface area contributed by atoms with Crippen molar-refractivity contribution in [2.75, 3.05) is 53.0 Å². The number of amidine groups is 1. The van der Waals surface area contributed by atoms with E-state index in [4.69, 9.17) is 26.1 Å². The van der Waals surface area contributed by atoms with E-state index in [2.05, 4.69) is 20.8 Å². The number of methoxy groups -OCH3 is 1. The van der Waals surface area contributed by atoms with E-state index in [0.29, 0.717) is 61.7 Å². The summed E-state index contributed by atoms with van der Waals surface area (Å²) in [5.41, 5.74) is 2.64. The Hall–Kier alpha value is -3.11. The SMILES string of the molecule is CCOc1cc(OC)ccc1C1=NC(c2ccc(Br)cc2)C(c2ccc(Cl)cc2)N1C(=O)N1CCN(CCO)CC1. The molecule has 3 aromatic rings. The van der Waals surface area contributed by atoms with Gasteiger partial charge in [-0.2, -0.15) is 0 Å². The Kier molecular flexibility index (Phi) is 9.49. The Morgan fingerprint density at radius 1 is 1.02 bits per heavy atom. The Labute approximate surface area is 254 Å². The molecule has 216 valence electrons. The number of halogens is 2. The van der Waals surface area contributed by atoms with Gasteiger partial charge in [0.15, 0.2) is 0 Å². The van der Waals surface area contributed by atoms with Crippen molar-refractivity contribution in [2.24, 2.45) is 4.99 Å². The number of ether oxygens (including phenoxy) is 2. The summed E-state index contributed by atoms with van der Waals surface area (Å²) in [5.74, 6) is 1.81. The summed E-state index contributed by atoms with van der Waals surface area (Å²) in [6, 6.07) is 20.4. The molecule has 2 amide bonds. The zero-order chi connectivity index (χ0) is 28.9. The van der Waals surface area contributed by atoms with Gasteiger partial charge in [-0.05, 0) is 54.4 Å². The lowest BCUT2D eigenvalue weighted by Gasteiger charge is -2.39. The minimum Gasteiger partial charge on any atom is -0.497 e. The van der Waals surface area contributed by atoms with Crippen LogP contribution >= 0.6 is 27.5 Å². The van der Waals surface area contributed by atoms with Crippen LogP contribution in [0.5, 0.6) is 11.5 Å². The monoisotopic (exact) mass is 640 g/mol. The first kappa shape index (κ1) is 29.4. The number of nitrogens with zero attached hydrogens (tertiary/aromatic N) is 4. The Morgan fingerprint density at radius 3 is 2.34 bits per heavy atom. The quantitative estimate of drug-likeness (QED) is 0.337. The normalized spacial score (nSPS) is 19.3. The molecule has 5 rings (SSSR count). The van der Waals surface area contributed by atoms with Crippen LogP contribution in [-0.4, -0.2) is 84.7 Å². The summed E-state index contributed by atoms with van der Waals surface area (Å²) in [5, 5.41) is 10.0. The highest BCUT2D eigenvalue weighted by atomic mass is 79.9. The van der Waals surface area contributed by atoms with Crippen LogP contribution in [0.25, 0.3) is 0 Å². The van der Waals surface area contributed by atoms with Crippen molar-refractivity contribution >= 4 is 39.4 Å². The third-order valence-electron chi connectivity index (χ3n) is 7.48. The number of carbonyl (C=O) groups is 1. The first-order valence-corrected chi connectivity index (χ1v) is 14.9. The van der Waals surface area contributed by atoms with E-state index in [9.17, 15) is 9.90 Å². The Bertz CT molecular complexity index is 1380. The first-order valence-electron chi connectivity index (χ1n) is 13.7. The number of aliphatic hydroxyl groups excluding tert-OH is 1. The number of piperazine rings is 1. The van der Waals surface area contributed by atoms with Crippen molar-refractivity contribution in [3.8, 4) is 11.5 Å². The van der Waals surface area contributed by atoms with E-state index in [-0.39, 0.29) is 18.7 Å². The van der Waals surface area contributed by atoms with Crippen LogP contribution in [0.3, 0.4) is 0 Å². The van der Waals surface area contributed by atoms with E-state index >= 15 is 0 Å². The molecular weight excluding hydrogens is 608 g/mol. The third-order valence-corrected chi connectivity index (χ3v) is 8.27. The molecule has 2 heterocycles. The van der Waals surface area contributed by atoms with Gasteiger partial charge in [0.2, 0.25) is 0 Å². The summed E-state index contributed by atoms with van der Waals surface area (Å²) < 4.78 is 12.5. The molecule has 2 aliphatic heterocycles. The Morgan fingerprint density at radius 2 is 1.71 bits per heavy atom. The van der Waals surface area contributed by atoms with E-state index in [1.54, 1.807) is 7.11 Å². The van der Waals surface area contributed by atoms with Crippen LogP contribution in [0, 0.1) is 0 Å². The van der Waals surface area contributed by atoms with Crippen LogP contribution in [-0.2, 0) is 0 Å². The lowest BCUT2D eigenvalue weighted by Crippen LogP contribution is -2.54. The number of amides is 2. The summed E-state index contributed by atoms with van der Waals surface area (Å²) in [7, 11) is 1.62. The van der Waals surface area contributed by atoms with E-state index in [0.717, 1.165) is 21.2 Å². The second-order valence-electron chi connectivity index (χ2n) is 9.95. The van der Waals surface area contributed by atoms with Crippen molar-refractivity contribution in [2.45, 2.75) is 19.0 Å². The molecule has 0 aliphatic carbocycles. The number of hydrogen-bond donors (Lipinski definition) is 1. The van der Waals surface area contributed by atoms with Gasteiger partial charge in [-0.15, -0.1) is 0 Å². The van der Waals surface area contributed by atoms with Crippen molar-refractivity contribution < 1.29 is 19.4 Å². The molecule has 1 fully saturated rings. The van der Waals surface area contributed by atoms with Gasteiger partial charge in [0.1, 0.15) is 23.4 Å². The van der Waals surface area contributed by atoms with Gasteiger partial charge >= 0.3 is 6.03 Å². The van der Waals surface area contributed by atoms with Crippen LogP contribution in [0.2, 0.25) is 5.02 Å². The molecular formula is C31H34BrClN4O4. The molecule has 0 radical (unpaired) electrons. The molecule has 3 aromatic carbocycles. The number of β-amino-alcohol motifs (C(OH)–C–C–N with tert-alkyl or cyclic N) is 1. The summed E-state index contributed by atoms with van der Waals surface area (Å²) >= 11 is 9.83. The average Bonchev–Trinajstić information content (AvgIpc) is 3.38. The van der Waals surface area contributed by atoms with Gasteiger partial charge in [-0.3, -0.25) is 14.8 Å². The van der Waals surface area contributed by atoms with Crippen LogP contribution < -0.4 is 9.47 Å². The molecule has 41 heavy (non-hydrogen) atoms. The van der Waals surface area contributed by atoms with Crippen LogP contribution in [0.4, 0.5) is 4.79 Å². The smallest absolute Gasteiger partial charge is 0.326 e. The molecule has 0 spiro atoms. The molecule has 8 nitrogen and oxygen atoms in total. The molecule has 2 aliphatic rings. The maximum Gasteiger partial charge on any atom is 0.326 e. The van der Waals surface area contributed by atoms with Gasteiger partial charge in [0.25, 0.3) is 0 Å². The Balaban J connectivity index is 1.64. The number of benzene rings is 3. The molecule has 2 atom stereocenters. The zero-order valence-corrected chi connectivity index (χ0v) is 25.5. The fraction of sp³-hybridized carbons (Fsp3) is 0.355. The average molecular weight is 642 g/mol. The maximum absolute atomic E-state index is 14.5. The fourth-order valence-electron chi connectivity index (χ4n) is 5.40. The molecule has 0 aromatic heterocycles. The highest BCUT2D eigenvalue weighted by molar-refractivity contribution is 9.10. The van der Waals surface area contributed by atoms with E-state index < -0.39 is 6.04 Å². The zero-order valence-electron chi connectivity index (χ0n) is 23.2. The summed E-state index contributed by atoms with van der Waals surface area (Å²) in [6.45, 7) is 5.57. The van der Waals surface area contributed by atoms with Crippen LogP contribution in [0.1, 0.15) is 35.7 Å². The second-order valence-corrected chi connectivity index (χ2v) is 11.3. The first-order chi connectivity index (χ1) is 19.9. The molecule has 2 unspecified atom stereocenters. The third kappa shape index (κ3) is 6.38. The van der Waals surface area contributed by atoms with Crippen molar-refractivity contribution in [3.05, 3.63) is 92.9 Å². The topological polar surface area (TPSA) is 77.8 Å². The van der Waals surface area contributed by atoms with Crippen molar-refractivity contribution in [1.29, 1.82) is 0 Å². The molecule has 1 saturated heterocycles. The largest absolute Gasteiger partial charge is 0.497 e. The van der Waals surface area contributed by atoms with Crippen LogP contribution in [0.15, 0.2) is 76.2 Å². The highest BCUT2D eigenvalue weighted by Crippen LogP contribution is 2.45. The van der Waals surface area contributed by atoms with Crippen molar-refractivity contribution in [1.82, 2.24) is 14.7 Å². The molecule has 10 heteroatoms. The lowest BCUT2D eigenvalue weighted by atomic mass is 9.93. The van der Waals surface area contributed by atoms with Crippen molar-refractivity contribution in [3.63, 3.8) is 0 Å². The highest BCUT2D eigenvalue weighted by Gasteiger charge is 2.45. The second kappa shape index (κ2) is 13.2. The van der Waals surface area contributed by atoms with Gasteiger partial charge in [-0.1, -0.05) is 51.8 Å². The predicted octanol–water partition coefficient (Wildman–Crippen LogP) is 5.78. The maximum atomic E-state index is 14.5. The molecule has 0 bridgehead atoms.